The van der Waals surface area contributed by atoms with Gasteiger partial charge in [0.2, 0.25) is 0 Å². The van der Waals surface area contributed by atoms with Gasteiger partial charge in [0.15, 0.2) is 9.84 Å². The molecule has 0 amide bonds. The molecular formula is C10H15NO10S3. The lowest BCUT2D eigenvalue weighted by atomic mass is 10.3. The maximum Gasteiger partial charge on any atom is 0.397 e. The van der Waals surface area contributed by atoms with Crippen LogP contribution in [0.25, 0.3) is 0 Å². The van der Waals surface area contributed by atoms with Gasteiger partial charge in [0, 0.05) is 0 Å². The number of nitrogens with one attached hydrogen (secondary N) is 1. The van der Waals surface area contributed by atoms with Gasteiger partial charge in [0.1, 0.15) is 0 Å². The Morgan fingerprint density at radius 2 is 1.71 bits per heavy atom. The first-order valence-corrected chi connectivity index (χ1v) is 10.7. The molecule has 1 aromatic carbocycles. The minimum absolute atomic E-state index is 0.129. The highest BCUT2D eigenvalue weighted by atomic mass is 32.3. The van der Waals surface area contributed by atoms with Gasteiger partial charge in [-0.1, -0.05) is 0 Å². The summed E-state index contributed by atoms with van der Waals surface area (Å²) >= 11 is 0. The molecule has 0 unspecified atom stereocenters. The number of hydrogen-bond acceptors (Lipinski definition) is 9. The third-order valence-corrected chi connectivity index (χ3v) is 5.52. The molecule has 0 saturated heterocycles. The predicted octanol–water partition coefficient (Wildman–Crippen LogP) is -0.110. The summed E-state index contributed by atoms with van der Waals surface area (Å²) in [5.41, 5.74) is 2.16. The summed E-state index contributed by atoms with van der Waals surface area (Å²) in [5.74, 6) is -0.886. The number of hydrogen-bond donors (Lipinski definition) is 3. The zero-order valence-corrected chi connectivity index (χ0v) is 14.7. The quantitative estimate of drug-likeness (QED) is 0.369. The highest BCUT2D eigenvalue weighted by Gasteiger charge is 2.23. The molecule has 0 aliphatic carbocycles. The van der Waals surface area contributed by atoms with Crippen molar-refractivity contribution in [3.05, 3.63) is 18.2 Å². The van der Waals surface area contributed by atoms with E-state index in [2.05, 4.69) is 9.66 Å². The summed E-state index contributed by atoms with van der Waals surface area (Å²) in [5, 5.41) is 0. The smallest absolute Gasteiger partial charge is 0.282 e. The Morgan fingerprint density at radius 1 is 1.08 bits per heavy atom. The van der Waals surface area contributed by atoms with Crippen molar-refractivity contribution >= 4 is 36.0 Å². The van der Waals surface area contributed by atoms with Crippen LogP contribution in [0.15, 0.2) is 28.0 Å². The Morgan fingerprint density at radius 3 is 2.21 bits per heavy atom. The summed E-state index contributed by atoms with van der Waals surface area (Å²) in [4.78, 5) is 3.60. The Labute approximate surface area is 139 Å². The molecule has 14 heteroatoms. The molecule has 138 valence electrons. The van der Waals surface area contributed by atoms with Crippen molar-refractivity contribution in [2.24, 2.45) is 0 Å². The van der Waals surface area contributed by atoms with E-state index < -0.39 is 52.5 Å². The minimum atomic E-state index is -4.83. The van der Waals surface area contributed by atoms with Crippen LogP contribution in [0.1, 0.15) is 6.92 Å². The normalized spacial score (nSPS) is 13.0. The highest BCUT2D eigenvalue weighted by molar-refractivity contribution is 7.91. The largest absolute Gasteiger partial charge is 0.397 e. The molecule has 0 aliphatic heterocycles. The second-order valence-corrected chi connectivity index (χ2v) is 8.83. The second-order valence-electron chi connectivity index (χ2n) is 4.24. The molecule has 0 aromatic heterocycles. The summed E-state index contributed by atoms with van der Waals surface area (Å²) in [6.07, 6.45) is 0. The van der Waals surface area contributed by atoms with E-state index in [9.17, 15) is 25.3 Å². The average molecular weight is 405 g/mol. The lowest BCUT2D eigenvalue weighted by molar-refractivity contribution is 0.209. The van der Waals surface area contributed by atoms with Crippen LogP contribution in [-0.4, -0.2) is 53.3 Å². The van der Waals surface area contributed by atoms with Gasteiger partial charge >= 0.3 is 10.4 Å². The highest BCUT2D eigenvalue weighted by Crippen LogP contribution is 2.26. The fourth-order valence-electron chi connectivity index (χ4n) is 1.51. The van der Waals surface area contributed by atoms with Crippen molar-refractivity contribution in [3.8, 4) is 0 Å². The van der Waals surface area contributed by atoms with E-state index >= 15 is 0 Å². The maximum atomic E-state index is 12.3. The molecule has 11 nitrogen and oxygen atoms in total. The molecule has 0 radical (unpaired) electrons. The Balaban J connectivity index is 3.25. The minimum Gasteiger partial charge on any atom is -0.282 e. The fourth-order valence-corrected chi connectivity index (χ4v) is 3.77. The van der Waals surface area contributed by atoms with Gasteiger partial charge in [0.25, 0.3) is 10.1 Å². The van der Waals surface area contributed by atoms with Crippen molar-refractivity contribution in [1.82, 2.24) is 0 Å². The summed E-state index contributed by atoms with van der Waals surface area (Å²) < 4.78 is 89.1. The van der Waals surface area contributed by atoms with Crippen LogP contribution >= 0.6 is 0 Å². The van der Waals surface area contributed by atoms with E-state index in [-0.39, 0.29) is 12.3 Å². The molecule has 0 bridgehead atoms. The zero-order chi connectivity index (χ0) is 18.6. The molecule has 1 aromatic rings. The molecule has 24 heavy (non-hydrogen) atoms. The van der Waals surface area contributed by atoms with Crippen LogP contribution in [0, 0.1) is 0 Å². The predicted molar refractivity (Wildman–Crippen MR) is 81.1 cm³/mol. The molecule has 0 fully saturated rings. The molecule has 0 atom stereocenters. The maximum absolute atomic E-state index is 12.3. The lowest BCUT2D eigenvalue weighted by Crippen LogP contribution is -2.17. The molecule has 3 N–H and O–H groups in total. The Bertz CT molecular complexity index is 889. The number of anilines is 1. The Kier molecular flexibility index (Phi) is 6.68. The Hall–Kier alpha value is -1.29. The van der Waals surface area contributed by atoms with Crippen LogP contribution in [-0.2, 0) is 39.4 Å². The van der Waals surface area contributed by atoms with Gasteiger partial charge in [-0.2, -0.15) is 16.8 Å². The van der Waals surface area contributed by atoms with E-state index in [4.69, 9.17) is 13.9 Å². The van der Waals surface area contributed by atoms with Crippen LogP contribution < -0.4 is 5.48 Å². The average Bonchev–Trinajstić information content (AvgIpc) is 2.42. The van der Waals surface area contributed by atoms with Crippen molar-refractivity contribution in [1.29, 1.82) is 0 Å². The fraction of sp³-hybridized carbons (Fsp3) is 0.400. The standard InChI is InChI=1S/C10H15NO10S3/c1-2-20-11-9-4-3-8(23(14,15)16)7-10(9)22(12,13)6-5-21-24(17,18)19/h3-4,7,11H,2,5-6H2,1H3,(H,14,15,16)(H,17,18,19). The summed E-state index contributed by atoms with van der Waals surface area (Å²) in [6.45, 7) is 0.865. The van der Waals surface area contributed by atoms with Gasteiger partial charge in [-0.05, 0) is 25.1 Å². The van der Waals surface area contributed by atoms with Gasteiger partial charge in [-0.3, -0.25) is 19.4 Å². The van der Waals surface area contributed by atoms with Crippen LogP contribution in [0.5, 0.6) is 0 Å². The molecule has 0 aliphatic rings. The van der Waals surface area contributed by atoms with Gasteiger partial charge in [0.05, 0.1) is 34.4 Å². The summed E-state index contributed by atoms with van der Waals surface area (Å²) in [6, 6.07) is 2.68. The number of benzene rings is 1. The van der Waals surface area contributed by atoms with Crippen LogP contribution in [0.2, 0.25) is 0 Å². The monoisotopic (exact) mass is 405 g/mol. The van der Waals surface area contributed by atoms with Crippen LogP contribution in [0.3, 0.4) is 0 Å². The third-order valence-electron chi connectivity index (χ3n) is 2.50. The van der Waals surface area contributed by atoms with Crippen LogP contribution in [0.4, 0.5) is 5.69 Å². The van der Waals surface area contributed by atoms with Crippen molar-refractivity contribution in [2.75, 3.05) is 24.4 Å². The first kappa shape index (κ1) is 20.8. The topological polar surface area (TPSA) is 173 Å². The van der Waals surface area contributed by atoms with E-state index in [0.717, 1.165) is 12.1 Å². The molecule has 0 saturated carbocycles. The number of sulfone groups is 1. The van der Waals surface area contributed by atoms with Crippen molar-refractivity contribution in [3.63, 3.8) is 0 Å². The second kappa shape index (κ2) is 7.73. The number of rotatable bonds is 9. The first-order chi connectivity index (χ1) is 10.9. The molecule has 1 rings (SSSR count). The third kappa shape index (κ3) is 6.31. The van der Waals surface area contributed by atoms with E-state index in [1.54, 1.807) is 6.92 Å². The first-order valence-electron chi connectivity index (χ1n) is 6.21. The van der Waals surface area contributed by atoms with Gasteiger partial charge < -0.3 is 0 Å². The van der Waals surface area contributed by atoms with Crippen molar-refractivity contribution in [2.45, 2.75) is 16.7 Å². The van der Waals surface area contributed by atoms with E-state index in [0.29, 0.717) is 6.07 Å². The van der Waals surface area contributed by atoms with E-state index in [1.807, 2.05) is 0 Å². The molecule has 0 spiro atoms. The SMILES string of the molecule is CCONc1ccc(S(=O)(=O)O)cc1S(=O)(=O)CCOS(=O)(=O)O. The van der Waals surface area contributed by atoms with Gasteiger partial charge in [-0.15, -0.1) is 0 Å². The zero-order valence-electron chi connectivity index (χ0n) is 12.2. The molecule has 0 heterocycles. The van der Waals surface area contributed by atoms with E-state index in [1.165, 1.54) is 0 Å². The van der Waals surface area contributed by atoms with Gasteiger partial charge in [-0.25, -0.2) is 12.6 Å². The molecular weight excluding hydrogens is 390 g/mol. The summed E-state index contributed by atoms with van der Waals surface area (Å²) in [7, 11) is -13.7. The lowest BCUT2D eigenvalue weighted by Gasteiger charge is -2.13. The van der Waals surface area contributed by atoms with Crippen molar-refractivity contribution < 1.29 is 43.4 Å².